The number of para-hydroxylation sites is 1. The van der Waals surface area contributed by atoms with Crippen molar-refractivity contribution in [3.8, 4) is 0 Å². The number of hydrogen-bond acceptors (Lipinski definition) is 3. The van der Waals surface area contributed by atoms with Crippen molar-refractivity contribution in [2.75, 3.05) is 6.54 Å². The van der Waals surface area contributed by atoms with Crippen LogP contribution in [0.1, 0.15) is 30.4 Å². The number of nitro benzene ring substituents is 1. The van der Waals surface area contributed by atoms with Crippen molar-refractivity contribution >= 4 is 34.8 Å². The van der Waals surface area contributed by atoms with Gasteiger partial charge in [-0.1, -0.05) is 53.9 Å². The molecule has 2 aromatic carbocycles. The van der Waals surface area contributed by atoms with Crippen LogP contribution in [0.4, 0.5) is 5.69 Å². The maximum absolute atomic E-state index is 12.9. The molecule has 2 aromatic rings. The molecule has 1 aliphatic rings. The van der Waals surface area contributed by atoms with Crippen LogP contribution in [0.3, 0.4) is 0 Å². The predicted octanol–water partition coefficient (Wildman–Crippen LogP) is 5.27. The minimum absolute atomic E-state index is 0.0217. The number of rotatable bonds is 7. The number of carbonyl (C=O) groups is 1. The summed E-state index contributed by atoms with van der Waals surface area (Å²) in [7, 11) is 0. The summed E-state index contributed by atoms with van der Waals surface area (Å²) in [6.45, 7) is 0.667. The van der Waals surface area contributed by atoms with Gasteiger partial charge in [0.15, 0.2) is 0 Å². The molecule has 0 saturated heterocycles. The zero-order chi connectivity index (χ0) is 19.4. The van der Waals surface area contributed by atoms with Crippen LogP contribution in [-0.2, 0) is 17.8 Å². The lowest BCUT2D eigenvalue weighted by Gasteiger charge is -2.32. The maximum Gasteiger partial charge on any atom is 0.274 e. The third kappa shape index (κ3) is 4.79. The second-order valence-corrected chi connectivity index (χ2v) is 7.60. The van der Waals surface area contributed by atoms with Crippen LogP contribution in [0.15, 0.2) is 42.5 Å². The van der Waals surface area contributed by atoms with Crippen LogP contribution in [0, 0.1) is 16.0 Å². The molecule has 27 heavy (non-hydrogen) atoms. The molecule has 0 heterocycles. The molecule has 0 aliphatic heterocycles. The smallest absolute Gasteiger partial charge is 0.274 e. The topological polar surface area (TPSA) is 63.5 Å². The zero-order valence-electron chi connectivity index (χ0n) is 14.7. The van der Waals surface area contributed by atoms with Crippen LogP contribution in [0.25, 0.3) is 0 Å². The molecule has 0 aromatic heterocycles. The van der Waals surface area contributed by atoms with Crippen molar-refractivity contribution < 1.29 is 9.72 Å². The lowest BCUT2D eigenvalue weighted by molar-refractivity contribution is -0.385. The van der Waals surface area contributed by atoms with Crippen LogP contribution < -0.4 is 0 Å². The van der Waals surface area contributed by atoms with Crippen molar-refractivity contribution in [3.63, 3.8) is 0 Å². The van der Waals surface area contributed by atoms with Gasteiger partial charge in [-0.15, -0.1) is 0 Å². The van der Waals surface area contributed by atoms with E-state index >= 15 is 0 Å². The normalized spacial score (nSPS) is 13.9. The van der Waals surface area contributed by atoms with E-state index in [2.05, 4.69) is 0 Å². The molecule has 5 nitrogen and oxygen atoms in total. The Bertz CT molecular complexity index is 853. The second kappa shape index (κ2) is 8.72. The van der Waals surface area contributed by atoms with Crippen molar-refractivity contribution in [2.45, 2.75) is 32.2 Å². The van der Waals surface area contributed by atoms with E-state index in [0.29, 0.717) is 28.6 Å². The Morgan fingerprint density at radius 3 is 2.52 bits per heavy atom. The second-order valence-electron chi connectivity index (χ2n) is 6.76. The number of benzene rings is 2. The first-order valence-corrected chi connectivity index (χ1v) is 9.66. The molecular weight excluding hydrogens is 387 g/mol. The van der Waals surface area contributed by atoms with Gasteiger partial charge in [-0.2, -0.15) is 0 Å². The summed E-state index contributed by atoms with van der Waals surface area (Å²) >= 11 is 12.2. The van der Waals surface area contributed by atoms with Crippen molar-refractivity contribution in [3.05, 3.63) is 73.8 Å². The highest BCUT2D eigenvalue weighted by atomic mass is 35.5. The van der Waals surface area contributed by atoms with Crippen LogP contribution in [-0.4, -0.2) is 22.3 Å². The molecule has 0 radical (unpaired) electrons. The SMILES string of the molecule is O=C(C1CCC1)N(CCc1ccc(Cl)cc1Cl)Cc1ccccc1[N+](=O)[O-]. The highest BCUT2D eigenvalue weighted by Crippen LogP contribution is 2.30. The number of carbonyl (C=O) groups excluding carboxylic acids is 1. The van der Waals surface area contributed by atoms with E-state index in [0.717, 1.165) is 24.8 Å². The fourth-order valence-corrected chi connectivity index (χ4v) is 3.69. The standard InChI is InChI=1S/C20H20Cl2N2O3/c21-17-9-8-14(18(22)12-17)10-11-23(20(25)15-5-3-6-15)13-16-4-1-2-7-19(16)24(26)27/h1-2,4,7-9,12,15H,3,5-6,10-11,13H2. The minimum Gasteiger partial charge on any atom is -0.338 e. The molecule has 3 rings (SSSR count). The fourth-order valence-electron chi connectivity index (χ4n) is 3.19. The van der Waals surface area contributed by atoms with Crippen LogP contribution in [0.2, 0.25) is 10.0 Å². The van der Waals surface area contributed by atoms with Crippen molar-refractivity contribution in [1.29, 1.82) is 0 Å². The Balaban J connectivity index is 1.79. The molecule has 1 aliphatic carbocycles. The van der Waals surface area contributed by atoms with Crippen LogP contribution in [0.5, 0.6) is 0 Å². The molecular formula is C20H20Cl2N2O3. The van der Waals surface area contributed by atoms with Gasteiger partial charge in [-0.25, -0.2) is 0 Å². The number of nitro groups is 1. The highest BCUT2D eigenvalue weighted by Gasteiger charge is 2.30. The molecule has 0 bridgehead atoms. The summed E-state index contributed by atoms with van der Waals surface area (Å²) in [5.74, 6) is 0.0814. The molecule has 0 N–H and O–H groups in total. The molecule has 0 unspecified atom stereocenters. The lowest BCUT2D eigenvalue weighted by atomic mass is 9.84. The van der Waals surface area contributed by atoms with Crippen LogP contribution >= 0.6 is 23.2 Å². The zero-order valence-corrected chi connectivity index (χ0v) is 16.2. The van der Waals surface area contributed by atoms with E-state index in [-0.39, 0.29) is 24.1 Å². The molecule has 1 saturated carbocycles. The first-order chi connectivity index (χ1) is 13.0. The summed E-state index contributed by atoms with van der Waals surface area (Å²) in [6, 6.07) is 11.9. The predicted molar refractivity (Wildman–Crippen MR) is 106 cm³/mol. The summed E-state index contributed by atoms with van der Waals surface area (Å²) in [5, 5.41) is 12.4. The molecule has 142 valence electrons. The van der Waals surface area contributed by atoms with Gasteiger partial charge in [0.1, 0.15) is 0 Å². The van der Waals surface area contributed by atoms with Crippen molar-refractivity contribution in [2.24, 2.45) is 5.92 Å². The van der Waals surface area contributed by atoms with E-state index in [9.17, 15) is 14.9 Å². The van der Waals surface area contributed by atoms with Gasteiger partial charge in [0.05, 0.1) is 11.5 Å². The average Bonchev–Trinajstić information content (AvgIpc) is 2.58. The number of halogens is 2. The fraction of sp³-hybridized carbons (Fsp3) is 0.350. The lowest BCUT2D eigenvalue weighted by Crippen LogP contribution is -2.39. The molecule has 1 fully saturated rings. The maximum atomic E-state index is 12.9. The molecule has 1 amide bonds. The van der Waals surface area contributed by atoms with Gasteiger partial charge >= 0.3 is 0 Å². The first-order valence-electron chi connectivity index (χ1n) is 8.90. The van der Waals surface area contributed by atoms with Gasteiger partial charge in [-0.3, -0.25) is 14.9 Å². The van der Waals surface area contributed by atoms with Gasteiger partial charge in [0.2, 0.25) is 5.91 Å². The van der Waals surface area contributed by atoms with Gasteiger partial charge < -0.3 is 4.90 Å². The minimum atomic E-state index is -0.405. The Morgan fingerprint density at radius 2 is 1.89 bits per heavy atom. The van der Waals surface area contributed by atoms with Gasteiger partial charge in [-0.05, 0) is 37.0 Å². The Labute approximate surface area is 168 Å². The summed E-state index contributed by atoms with van der Waals surface area (Å²) in [5.41, 5.74) is 1.47. The Morgan fingerprint density at radius 1 is 1.15 bits per heavy atom. The quantitative estimate of drug-likeness (QED) is 0.464. The highest BCUT2D eigenvalue weighted by molar-refractivity contribution is 6.35. The first kappa shape index (κ1) is 19.6. The van der Waals surface area contributed by atoms with E-state index in [1.807, 2.05) is 6.07 Å². The summed E-state index contributed by atoms with van der Waals surface area (Å²) in [4.78, 5) is 25.5. The molecule has 0 atom stereocenters. The third-order valence-electron chi connectivity index (χ3n) is 4.98. The number of hydrogen-bond donors (Lipinski definition) is 0. The molecule has 0 spiro atoms. The van der Waals surface area contributed by atoms with Gasteiger partial charge in [0.25, 0.3) is 5.69 Å². The monoisotopic (exact) mass is 406 g/mol. The molecule has 7 heteroatoms. The summed E-state index contributed by atoms with van der Waals surface area (Å²) < 4.78 is 0. The van der Waals surface area contributed by atoms with E-state index in [1.54, 1.807) is 35.2 Å². The third-order valence-corrected chi connectivity index (χ3v) is 5.57. The average molecular weight is 407 g/mol. The Hall–Kier alpha value is -2.11. The van der Waals surface area contributed by atoms with E-state index in [1.165, 1.54) is 6.07 Å². The van der Waals surface area contributed by atoms with E-state index < -0.39 is 4.92 Å². The Kier molecular flexibility index (Phi) is 6.34. The van der Waals surface area contributed by atoms with Gasteiger partial charge in [0, 0.05) is 34.1 Å². The number of amides is 1. The van der Waals surface area contributed by atoms with Crippen molar-refractivity contribution in [1.82, 2.24) is 4.90 Å². The van der Waals surface area contributed by atoms with E-state index in [4.69, 9.17) is 23.2 Å². The number of nitrogens with zero attached hydrogens (tertiary/aromatic N) is 2. The largest absolute Gasteiger partial charge is 0.338 e. The summed E-state index contributed by atoms with van der Waals surface area (Å²) in [6.07, 6.45) is 3.38.